The molecular formula is C33H33N2O2PS. The van der Waals surface area contributed by atoms with Gasteiger partial charge in [0.25, 0.3) is 0 Å². The van der Waals surface area contributed by atoms with Crippen LogP contribution in [-0.2, 0) is 17.2 Å². The standard InChI is InChI=1S/C33H33N2O2PS/c1-5-36-27-21-17-26(18-22-27)34-23-25-15-19-28(20-16-25)37-38(39,29-11-7-6-8-12-29)24-32-33(2,3)30-13-9-10-14-31(30)35(32)4/h6-24H,5H2,1-4H3. The second kappa shape index (κ2) is 11.2. The Morgan fingerprint density at radius 3 is 2.15 bits per heavy atom. The van der Waals surface area contributed by atoms with Crippen LogP contribution in [0.5, 0.6) is 11.5 Å². The fraction of sp³-hybridized carbons (Fsp3) is 0.182. The summed E-state index contributed by atoms with van der Waals surface area (Å²) in [5, 5.41) is 1.02. The summed E-state index contributed by atoms with van der Waals surface area (Å²) in [6.07, 6.45) is -0.744. The minimum absolute atomic E-state index is 0.186. The van der Waals surface area contributed by atoms with Crippen molar-refractivity contribution >= 4 is 41.0 Å². The third kappa shape index (κ3) is 5.71. The van der Waals surface area contributed by atoms with Crippen LogP contribution in [0.25, 0.3) is 0 Å². The first-order valence-corrected chi connectivity index (χ1v) is 15.9. The van der Waals surface area contributed by atoms with Gasteiger partial charge in [0, 0.05) is 41.2 Å². The lowest BCUT2D eigenvalue weighted by molar-refractivity contribution is 0.340. The molecule has 1 atom stereocenters. The molecule has 0 fully saturated rings. The van der Waals surface area contributed by atoms with Crippen molar-refractivity contribution in [1.29, 1.82) is 0 Å². The van der Waals surface area contributed by atoms with Crippen molar-refractivity contribution in [2.24, 2.45) is 4.99 Å². The van der Waals surface area contributed by atoms with Crippen molar-refractivity contribution < 1.29 is 9.26 Å². The highest BCUT2D eigenvalue weighted by molar-refractivity contribution is 8.17. The van der Waals surface area contributed by atoms with Gasteiger partial charge in [-0.15, -0.1) is 0 Å². The van der Waals surface area contributed by atoms with E-state index >= 15 is 0 Å². The van der Waals surface area contributed by atoms with Gasteiger partial charge in [-0.05, 0) is 84.5 Å². The molecule has 0 aliphatic carbocycles. The highest BCUT2D eigenvalue weighted by Crippen LogP contribution is 2.55. The molecule has 5 rings (SSSR count). The van der Waals surface area contributed by atoms with Crippen LogP contribution < -0.4 is 19.5 Å². The Kier molecular flexibility index (Phi) is 7.74. The first-order chi connectivity index (χ1) is 18.8. The lowest BCUT2D eigenvalue weighted by Gasteiger charge is -2.28. The molecule has 1 aliphatic rings. The quantitative estimate of drug-likeness (QED) is 0.163. The summed E-state index contributed by atoms with van der Waals surface area (Å²) < 4.78 is 12.2. The van der Waals surface area contributed by atoms with Crippen LogP contribution in [0.3, 0.4) is 0 Å². The number of fused-ring (bicyclic) bond motifs is 1. The molecule has 1 heterocycles. The first kappa shape index (κ1) is 26.9. The van der Waals surface area contributed by atoms with Crippen LogP contribution in [0.15, 0.2) is 120 Å². The number of rotatable bonds is 8. The maximum absolute atomic E-state index is 6.71. The number of para-hydroxylation sites is 1. The maximum atomic E-state index is 6.71. The third-order valence-electron chi connectivity index (χ3n) is 6.98. The number of benzene rings is 4. The molecule has 4 aromatic carbocycles. The summed E-state index contributed by atoms with van der Waals surface area (Å²) in [6, 6.07) is 34.5. The fourth-order valence-corrected chi connectivity index (χ4v) is 7.97. The van der Waals surface area contributed by atoms with Gasteiger partial charge in [0.1, 0.15) is 11.5 Å². The molecule has 4 nitrogen and oxygen atoms in total. The average Bonchev–Trinajstić information content (AvgIpc) is 3.14. The van der Waals surface area contributed by atoms with E-state index in [0.29, 0.717) is 6.61 Å². The lowest BCUT2D eigenvalue weighted by Crippen LogP contribution is -2.24. The summed E-state index contributed by atoms with van der Waals surface area (Å²) in [7, 11) is 2.11. The molecule has 198 valence electrons. The van der Waals surface area contributed by atoms with Gasteiger partial charge in [0.05, 0.1) is 12.3 Å². The number of allylic oxidation sites excluding steroid dienone is 1. The molecule has 0 amide bonds. The van der Waals surface area contributed by atoms with Crippen LogP contribution in [0.1, 0.15) is 31.9 Å². The largest absolute Gasteiger partial charge is 0.494 e. The number of nitrogens with zero attached hydrogens (tertiary/aromatic N) is 2. The van der Waals surface area contributed by atoms with Gasteiger partial charge < -0.3 is 14.2 Å². The zero-order valence-corrected chi connectivity index (χ0v) is 24.5. The number of anilines is 1. The van der Waals surface area contributed by atoms with E-state index in [-0.39, 0.29) is 5.41 Å². The van der Waals surface area contributed by atoms with E-state index in [1.54, 1.807) is 0 Å². The Hall–Kier alpha value is -3.66. The van der Waals surface area contributed by atoms with Crippen LogP contribution >= 0.6 is 6.26 Å². The molecular weight excluding hydrogens is 519 g/mol. The van der Waals surface area contributed by atoms with Crippen molar-refractivity contribution in [3.8, 4) is 11.5 Å². The third-order valence-corrected chi connectivity index (χ3v) is 10.2. The van der Waals surface area contributed by atoms with Crippen molar-refractivity contribution in [1.82, 2.24) is 0 Å². The smallest absolute Gasteiger partial charge is 0.166 e. The van der Waals surface area contributed by atoms with Gasteiger partial charge >= 0.3 is 0 Å². The SMILES string of the molecule is CCOc1ccc(N=Cc2ccc(OP(=S)(C=C3N(C)c4ccccc4C3(C)C)c3ccccc3)cc2)cc1. The summed E-state index contributed by atoms with van der Waals surface area (Å²) in [4.78, 5) is 6.85. The van der Waals surface area contributed by atoms with Gasteiger partial charge in [0.15, 0.2) is 6.26 Å². The van der Waals surface area contributed by atoms with E-state index in [2.05, 4.69) is 73.0 Å². The Morgan fingerprint density at radius 2 is 1.49 bits per heavy atom. The second-order valence-corrected chi connectivity index (χ2v) is 13.8. The van der Waals surface area contributed by atoms with Gasteiger partial charge in [0.2, 0.25) is 0 Å². The summed E-state index contributed by atoms with van der Waals surface area (Å²) in [6.45, 7) is 7.13. The highest BCUT2D eigenvalue weighted by atomic mass is 32.4. The van der Waals surface area contributed by atoms with Crippen molar-refractivity contribution in [2.75, 3.05) is 18.6 Å². The molecule has 0 aromatic heterocycles. The van der Waals surface area contributed by atoms with Gasteiger partial charge in [-0.3, -0.25) is 4.99 Å². The monoisotopic (exact) mass is 552 g/mol. The topological polar surface area (TPSA) is 34.1 Å². The zero-order valence-electron chi connectivity index (χ0n) is 22.7. The fourth-order valence-electron chi connectivity index (χ4n) is 4.90. The molecule has 4 aromatic rings. The van der Waals surface area contributed by atoms with Crippen LogP contribution in [0.2, 0.25) is 0 Å². The Morgan fingerprint density at radius 1 is 0.846 bits per heavy atom. The molecule has 0 spiro atoms. The molecule has 0 N–H and O–H groups in total. The Bertz CT molecular complexity index is 1550. The van der Waals surface area contributed by atoms with Gasteiger partial charge in [-0.1, -0.05) is 62.4 Å². The van der Waals surface area contributed by atoms with Crippen LogP contribution in [0, 0.1) is 0 Å². The normalized spacial score (nSPS) is 16.7. The highest BCUT2D eigenvalue weighted by Gasteiger charge is 2.40. The van der Waals surface area contributed by atoms with Crippen LogP contribution in [0.4, 0.5) is 11.4 Å². The molecule has 0 radical (unpaired) electrons. The number of hydrogen-bond donors (Lipinski definition) is 0. The van der Waals surface area contributed by atoms with E-state index in [4.69, 9.17) is 21.1 Å². The first-order valence-electron chi connectivity index (χ1n) is 13.1. The van der Waals surface area contributed by atoms with Crippen LogP contribution in [-0.4, -0.2) is 19.9 Å². The van der Waals surface area contributed by atoms with Crippen molar-refractivity contribution in [3.05, 3.63) is 126 Å². The van der Waals surface area contributed by atoms with Gasteiger partial charge in [-0.2, -0.15) is 0 Å². The molecule has 1 unspecified atom stereocenters. The zero-order chi connectivity index (χ0) is 27.5. The number of ether oxygens (including phenoxy) is 1. The summed E-state index contributed by atoms with van der Waals surface area (Å²) >= 11 is 6.38. The predicted octanol–water partition coefficient (Wildman–Crippen LogP) is 8.20. The van der Waals surface area contributed by atoms with E-state index in [9.17, 15) is 0 Å². The molecule has 0 saturated carbocycles. The Labute approximate surface area is 236 Å². The maximum Gasteiger partial charge on any atom is 0.166 e. The second-order valence-electron chi connectivity index (χ2n) is 9.99. The minimum atomic E-state index is -2.59. The summed E-state index contributed by atoms with van der Waals surface area (Å²) in [5.41, 5.74) is 5.33. The summed E-state index contributed by atoms with van der Waals surface area (Å²) in [5.74, 6) is 3.80. The number of likely N-dealkylation sites (N-methyl/N-ethyl adjacent to an activating group) is 1. The van der Waals surface area contributed by atoms with Gasteiger partial charge in [-0.25, -0.2) is 0 Å². The van der Waals surface area contributed by atoms with E-state index in [1.807, 2.05) is 79.9 Å². The minimum Gasteiger partial charge on any atom is -0.494 e. The number of hydrogen-bond acceptors (Lipinski definition) is 5. The van der Waals surface area contributed by atoms with E-state index < -0.39 is 6.26 Å². The van der Waals surface area contributed by atoms with E-state index in [0.717, 1.165) is 33.8 Å². The molecule has 0 bridgehead atoms. The molecule has 6 heteroatoms. The molecule has 1 aliphatic heterocycles. The molecule has 0 saturated heterocycles. The van der Waals surface area contributed by atoms with Crippen molar-refractivity contribution in [2.45, 2.75) is 26.2 Å². The lowest BCUT2D eigenvalue weighted by atomic mass is 9.84. The Balaban J connectivity index is 1.42. The van der Waals surface area contributed by atoms with Crippen molar-refractivity contribution in [3.63, 3.8) is 0 Å². The molecule has 39 heavy (non-hydrogen) atoms. The predicted molar refractivity (Wildman–Crippen MR) is 168 cm³/mol. The number of aliphatic imine (C=N–C) groups is 1. The van der Waals surface area contributed by atoms with E-state index in [1.165, 1.54) is 11.3 Å². The average molecular weight is 553 g/mol.